The third kappa shape index (κ3) is 4.90. The van der Waals surface area contributed by atoms with Gasteiger partial charge < -0.3 is 9.15 Å². The average molecular weight is 396 g/mol. The van der Waals surface area contributed by atoms with Crippen LogP contribution in [-0.4, -0.2) is 25.8 Å². The van der Waals surface area contributed by atoms with Crippen molar-refractivity contribution in [2.24, 2.45) is 0 Å². The lowest BCUT2D eigenvalue weighted by molar-refractivity contribution is 0.339. The van der Waals surface area contributed by atoms with Crippen LogP contribution in [0.2, 0.25) is 0 Å². The predicted molar refractivity (Wildman–Crippen MR) is 97.1 cm³/mol. The molecule has 0 aliphatic heterocycles. The molecule has 0 radical (unpaired) electrons. The van der Waals surface area contributed by atoms with Gasteiger partial charge in [-0.2, -0.15) is 0 Å². The summed E-state index contributed by atoms with van der Waals surface area (Å²) in [5, 5.41) is 0.710. The van der Waals surface area contributed by atoms with E-state index in [1.807, 2.05) is 6.92 Å². The van der Waals surface area contributed by atoms with Crippen LogP contribution in [0.3, 0.4) is 0 Å². The second-order valence-electron chi connectivity index (χ2n) is 5.45. The Morgan fingerprint density at radius 3 is 2.73 bits per heavy atom. The number of hydrogen-bond donors (Lipinski definition) is 1. The van der Waals surface area contributed by atoms with Crippen LogP contribution in [0.4, 0.5) is 4.39 Å². The van der Waals surface area contributed by atoms with Crippen LogP contribution in [0.5, 0.6) is 5.75 Å². The van der Waals surface area contributed by atoms with E-state index in [0.29, 0.717) is 16.5 Å². The molecule has 0 amide bonds. The first-order valence-corrected chi connectivity index (χ1v) is 10.3. The van der Waals surface area contributed by atoms with Crippen molar-refractivity contribution in [3.05, 3.63) is 59.0 Å². The number of nitrogens with one attached hydrogen (secondary N) is 1. The number of halogens is 1. The molecule has 138 valence electrons. The van der Waals surface area contributed by atoms with Crippen LogP contribution in [0.1, 0.15) is 10.6 Å². The fraction of sp³-hybridized carbons (Fsp3) is 0.235. The summed E-state index contributed by atoms with van der Waals surface area (Å²) >= 11 is 1.38. The highest BCUT2D eigenvalue weighted by molar-refractivity contribution is 7.89. The molecule has 26 heavy (non-hydrogen) atoms. The van der Waals surface area contributed by atoms with Crippen molar-refractivity contribution in [2.45, 2.75) is 13.5 Å². The molecule has 0 fully saturated rings. The highest BCUT2D eigenvalue weighted by Crippen LogP contribution is 2.28. The van der Waals surface area contributed by atoms with Crippen molar-refractivity contribution >= 4 is 21.4 Å². The van der Waals surface area contributed by atoms with Gasteiger partial charge in [-0.1, -0.05) is 0 Å². The first-order valence-electron chi connectivity index (χ1n) is 7.79. The van der Waals surface area contributed by atoms with Gasteiger partial charge in [0.2, 0.25) is 10.0 Å². The van der Waals surface area contributed by atoms with Gasteiger partial charge in [0.05, 0.1) is 17.7 Å². The summed E-state index contributed by atoms with van der Waals surface area (Å²) < 4.78 is 50.2. The van der Waals surface area contributed by atoms with Crippen molar-refractivity contribution in [3.63, 3.8) is 0 Å². The molecule has 1 aromatic carbocycles. The van der Waals surface area contributed by atoms with Crippen molar-refractivity contribution in [2.75, 3.05) is 12.4 Å². The quantitative estimate of drug-likeness (QED) is 0.631. The normalized spacial score (nSPS) is 11.6. The average Bonchev–Trinajstić information content (AvgIpc) is 3.24. The zero-order chi connectivity index (χ0) is 18.6. The second kappa shape index (κ2) is 7.98. The Kier molecular flexibility index (Phi) is 5.70. The molecule has 1 N–H and O–H groups in total. The Bertz CT molecular complexity index is 951. The van der Waals surface area contributed by atoms with Gasteiger partial charge in [0.25, 0.3) is 0 Å². The van der Waals surface area contributed by atoms with Crippen LogP contribution in [-0.2, 0) is 16.6 Å². The molecule has 0 aliphatic carbocycles. The van der Waals surface area contributed by atoms with E-state index >= 15 is 0 Å². The summed E-state index contributed by atoms with van der Waals surface area (Å²) in [7, 11) is -3.51. The molecule has 3 aromatic rings. The maximum Gasteiger partial charge on any atom is 0.215 e. The first kappa shape index (κ1) is 18.6. The van der Waals surface area contributed by atoms with Crippen LogP contribution in [0.15, 0.2) is 47.1 Å². The van der Waals surface area contributed by atoms with E-state index in [9.17, 15) is 12.8 Å². The van der Waals surface area contributed by atoms with E-state index in [0.717, 1.165) is 10.6 Å². The second-order valence-corrected chi connectivity index (χ2v) is 8.46. The summed E-state index contributed by atoms with van der Waals surface area (Å²) in [6, 6.07) is 8.99. The zero-order valence-corrected chi connectivity index (χ0v) is 15.6. The number of furan rings is 1. The summed E-state index contributed by atoms with van der Waals surface area (Å²) in [6.07, 6.45) is 1.57. The minimum atomic E-state index is -3.51. The van der Waals surface area contributed by atoms with Gasteiger partial charge in [-0.05, 0) is 43.3 Å². The van der Waals surface area contributed by atoms with Crippen LogP contribution in [0, 0.1) is 12.7 Å². The Morgan fingerprint density at radius 2 is 2.04 bits per heavy atom. The van der Waals surface area contributed by atoms with Gasteiger partial charge in [0.1, 0.15) is 18.2 Å². The summed E-state index contributed by atoms with van der Waals surface area (Å²) in [5.74, 6) is 0.496. The van der Waals surface area contributed by atoms with Gasteiger partial charge in [0, 0.05) is 11.4 Å². The van der Waals surface area contributed by atoms with Gasteiger partial charge in [0.15, 0.2) is 10.8 Å². The smallest absolute Gasteiger partial charge is 0.215 e. The molecule has 0 bridgehead atoms. The number of ether oxygens (including phenoxy) is 1. The fourth-order valence-electron chi connectivity index (χ4n) is 2.15. The number of benzene rings is 1. The minimum absolute atomic E-state index is 0.0275. The lowest BCUT2D eigenvalue weighted by Gasteiger charge is -2.08. The van der Waals surface area contributed by atoms with E-state index in [1.54, 1.807) is 18.4 Å². The fourth-order valence-corrected chi connectivity index (χ4v) is 4.02. The first-order chi connectivity index (χ1) is 12.4. The predicted octanol–water partition coefficient (Wildman–Crippen LogP) is 3.35. The van der Waals surface area contributed by atoms with Crippen molar-refractivity contribution < 1.29 is 22.0 Å². The third-order valence-electron chi connectivity index (χ3n) is 3.51. The van der Waals surface area contributed by atoms with Crippen molar-refractivity contribution in [3.8, 4) is 16.5 Å². The Hall–Kier alpha value is -2.23. The number of rotatable bonds is 8. The number of sulfonamides is 1. The number of aromatic nitrogens is 1. The van der Waals surface area contributed by atoms with Crippen LogP contribution >= 0.6 is 11.3 Å². The van der Waals surface area contributed by atoms with Gasteiger partial charge in [-0.15, -0.1) is 11.3 Å². The number of thiazole rings is 1. The molecular weight excluding hydrogens is 379 g/mol. The van der Waals surface area contributed by atoms with Crippen molar-refractivity contribution in [1.82, 2.24) is 9.71 Å². The van der Waals surface area contributed by atoms with E-state index in [4.69, 9.17) is 9.15 Å². The molecule has 0 saturated carbocycles. The Labute approximate surface area is 154 Å². The molecule has 0 saturated heterocycles. The Morgan fingerprint density at radius 1 is 1.27 bits per heavy atom. The maximum atomic E-state index is 12.8. The highest BCUT2D eigenvalue weighted by atomic mass is 32.2. The largest absolute Gasteiger partial charge is 0.492 e. The monoisotopic (exact) mass is 396 g/mol. The van der Waals surface area contributed by atoms with Crippen molar-refractivity contribution in [1.29, 1.82) is 0 Å². The molecule has 0 spiro atoms. The molecule has 0 atom stereocenters. The van der Waals surface area contributed by atoms with Gasteiger partial charge >= 0.3 is 0 Å². The number of nitrogens with zero attached hydrogens (tertiary/aromatic N) is 1. The zero-order valence-electron chi connectivity index (χ0n) is 13.9. The summed E-state index contributed by atoms with van der Waals surface area (Å²) in [5.41, 5.74) is 0.756. The molecule has 3 rings (SSSR count). The molecule has 6 nitrogen and oxygen atoms in total. The summed E-state index contributed by atoms with van der Waals surface area (Å²) in [6.45, 7) is 1.95. The molecule has 2 aromatic heterocycles. The highest BCUT2D eigenvalue weighted by Gasteiger charge is 2.15. The van der Waals surface area contributed by atoms with Crippen LogP contribution in [0.25, 0.3) is 10.8 Å². The number of aryl methyl sites for hydroxylation is 1. The lowest BCUT2D eigenvalue weighted by Crippen LogP contribution is -2.28. The topological polar surface area (TPSA) is 81.4 Å². The Balaban J connectivity index is 1.52. The molecular formula is C17H17FN2O4S2. The van der Waals surface area contributed by atoms with Gasteiger partial charge in [-0.25, -0.2) is 22.5 Å². The van der Waals surface area contributed by atoms with E-state index in [2.05, 4.69) is 9.71 Å². The molecule has 0 aliphatic rings. The van der Waals surface area contributed by atoms with Gasteiger partial charge in [-0.3, -0.25) is 0 Å². The molecule has 2 heterocycles. The maximum absolute atomic E-state index is 12.8. The standard InChI is InChI=1S/C17H17FN2O4S2/c1-12-16(25-17(20-12)15-3-2-8-24-15)11-19-26(21,22)10-9-23-14-6-4-13(18)5-7-14/h2-8,19H,9-11H2,1H3. The van der Waals surface area contributed by atoms with E-state index in [1.165, 1.54) is 35.6 Å². The molecule has 0 unspecified atom stereocenters. The lowest BCUT2D eigenvalue weighted by atomic mass is 10.3. The van der Waals surface area contributed by atoms with Crippen LogP contribution < -0.4 is 9.46 Å². The summed E-state index contributed by atoms with van der Waals surface area (Å²) in [4.78, 5) is 5.22. The van der Waals surface area contributed by atoms with E-state index < -0.39 is 10.0 Å². The minimum Gasteiger partial charge on any atom is -0.492 e. The molecule has 9 heteroatoms. The van der Waals surface area contributed by atoms with E-state index in [-0.39, 0.29) is 24.7 Å². The SMILES string of the molecule is Cc1nc(-c2ccco2)sc1CNS(=O)(=O)CCOc1ccc(F)cc1. The third-order valence-corrected chi connectivity index (χ3v) is 5.97. The number of hydrogen-bond acceptors (Lipinski definition) is 6.